The smallest absolute Gasteiger partial charge is 0.118 e. The first-order valence-corrected chi connectivity index (χ1v) is 6.06. The fourth-order valence-corrected chi connectivity index (χ4v) is 2.67. The van der Waals surface area contributed by atoms with E-state index in [0.29, 0.717) is 0 Å². The first-order valence-electron chi connectivity index (χ1n) is 6.06. The minimum absolute atomic E-state index is 0.766. The minimum atomic E-state index is -0.867. The molecule has 0 aliphatic heterocycles. The lowest BCUT2D eigenvalue weighted by atomic mass is 9.78. The number of rotatable bonds is 1. The lowest BCUT2D eigenvalue weighted by molar-refractivity contribution is 0.0589. The summed E-state index contributed by atoms with van der Waals surface area (Å²) in [4.78, 5) is 0. The summed E-state index contributed by atoms with van der Waals surface area (Å²) in [6.07, 6.45) is 4.33. The molecule has 1 aliphatic rings. The van der Waals surface area contributed by atoms with E-state index in [9.17, 15) is 5.11 Å². The van der Waals surface area contributed by atoms with Gasteiger partial charge >= 0.3 is 0 Å². The second-order valence-electron chi connectivity index (χ2n) is 4.84. The Kier molecular flexibility index (Phi) is 2.33. The highest BCUT2D eigenvalue weighted by Crippen LogP contribution is 2.40. The molecule has 0 saturated heterocycles. The minimum Gasteiger partial charge on any atom is -0.469 e. The second-order valence-corrected chi connectivity index (χ2v) is 4.84. The van der Waals surface area contributed by atoms with Crippen LogP contribution < -0.4 is 0 Å². The lowest BCUT2D eigenvalue weighted by Crippen LogP contribution is -2.30. The molecular weight excluding hydrogens is 212 g/mol. The summed E-state index contributed by atoms with van der Waals surface area (Å²) in [5.74, 6) is 0.930. The van der Waals surface area contributed by atoms with Gasteiger partial charge in [0, 0.05) is 12.0 Å². The van der Waals surface area contributed by atoms with Crippen LogP contribution in [0.25, 0.3) is 0 Å². The number of furan rings is 1. The van der Waals surface area contributed by atoms with Gasteiger partial charge in [0.1, 0.15) is 11.4 Å². The van der Waals surface area contributed by atoms with Crippen molar-refractivity contribution < 1.29 is 9.52 Å². The Balaban J connectivity index is 2.11. The van der Waals surface area contributed by atoms with Gasteiger partial charge in [0.2, 0.25) is 0 Å². The first-order chi connectivity index (χ1) is 8.20. The van der Waals surface area contributed by atoms with Crippen molar-refractivity contribution in [3.63, 3.8) is 0 Å². The molecule has 1 N–H and O–H groups in total. The predicted molar refractivity (Wildman–Crippen MR) is 65.8 cm³/mol. The highest BCUT2D eigenvalue weighted by molar-refractivity contribution is 5.40. The molecule has 3 rings (SSSR count). The van der Waals surface area contributed by atoms with Crippen LogP contribution in [0.5, 0.6) is 0 Å². The third-order valence-electron chi connectivity index (χ3n) is 3.66. The molecular formula is C15H16O2. The Labute approximate surface area is 101 Å². The zero-order chi connectivity index (χ0) is 11.9. The first kappa shape index (κ1) is 10.6. The highest BCUT2D eigenvalue weighted by Gasteiger charge is 2.37. The van der Waals surface area contributed by atoms with E-state index in [2.05, 4.69) is 6.92 Å². The molecule has 17 heavy (non-hydrogen) atoms. The summed E-state index contributed by atoms with van der Waals surface area (Å²) in [5.41, 5.74) is 2.24. The molecule has 0 radical (unpaired) electrons. The molecule has 0 saturated carbocycles. The van der Waals surface area contributed by atoms with Gasteiger partial charge in [-0.3, -0.25) is 0 Å². The van der Waals surface area contributed by atoms with E-state index in [-0.39, 0.29) is 0 Å². The maximum atomic E-state index is 10.9. The van der Waals surface area contributed by atoms with E-state index >= 15 is 0 Å². The molecule has 0 bridgehead atoms. The van der Waals surface area contributed by atoms with Crippen molar-refractivity contribution in [3.8, 4) is 0 Å². The molecule has 2 aromatic rings. The summed E-state index contributed by atoms with van der Waals surface area (Å²) < 4.78 is 5.44. The van der Waals surface area contributed by atoms with Gasteiger partial charge in [0.15, 0.2) is 0 Å². The van der Waals surface area contributed by atoms with Gasteiger partial charge in [-0.05, 0) is 31.4 Å². The third kappa shape index (κ3) is 1.60. The average Bonchev–Trinajstić information content (AvgIpc) is 2.80. The summed E-state index contributed by atoms with van der Waals surface area (Å²) in [6.45, 7) is 2.05. The monoisotopic (exact) mass is 228 g/mol. The van der Waals surface area contributed by atoms with E-state index in [0.717, 1.165) is 36.1 Å². The number of aryl methyl sites for hydroxylation is 2. The Bertz CT molecular complexity index is 524. The quantitative estimate of drug-likeness (QED) is 0.813. The molecule has 1 heterocycles. The van der Waals surface area contributed by atoms with Crippen molar-refractivity contribution in [2.75, 3.05) is 0 Å². The van der Waals surface area contributed by atoms with Gasteiger partial charge < -0.3 is 9.52 Å². The van der Waals surface area contributed by atoms with Gasteiger partial charge in [-0.15, -0.1) is 0 Å². The molecule has 2 heteroatoms. The van der Waals surface area contributed by atoms with Gasteiger partial charge in [-0.2, -0.15) is 0 Å². The third-order valence-corrected chi connectivity index (χ3v) is 3.66. The summed E-state index contributed by atoms with van der Waals surface area (Å²) >= 11 is 0. The van der Waals surface area contributed by atoms with Crippen LogP contribution >= 0.6 is 0 Å². The summed E-state index contributed by atoms with van der Waals surface area (Å²) in [5, 5.41) is 10.9. The van der Waals surface area contributed by atoms with Crippen molar-refractivity contribution in [2.45, 2.75) is 31.8 Å². The number of benzene rings is 1. The van der Waals surface area contributed by atoms with Gasteiger partial charge in [0.25, 0.3) is 0 Å². The fraction of sp³-hybridized carbons (Fsp3) is 0.333. The van der Waals surface area contributed by atoms with Crippen LogP contribution in [0.15, 0.2) is 41.0 Å². The van der Waals surface area contributed by atoms with Crippen LogP contribution in [0.3, 0.4) is 0 Å². The largest absolute Gasteiger partial charge is 0.469 e. The number of fused-ring (bicyclic) bond motifs is 1. The molecule has 0 fully saturated rings. The Morgan fingerprint density at radius 2 is 1.94 bits per heavy atom. The standard InChI is InChI=1S/C15H16O2/c1-11-4-6-12(7-5-11)15(16)9-2-3-14-13(15)8-10-17-14/h4-8,10,16H,2-3,9H2,1H3. The molecule has 1 unspecified atom stereocenters. The molecule has 0 amide bonds. The zero-order valence-corrected chi connectivity index (χ0v) is 9.94. The predicted octanol–water partition coefficient (Wildman–Crippen LogP) is 3.16. The summed E-state index contributed by atoms with van der Waals surface area (Å²) in [7, 11) is 0. The van der Waals surface area contributed by atoms with Crippen molar-refractivity contribution in [1.29, 1.82) is 0 Å². The molecule has 2 nitrogen and oxygen atoms in total. The number of hydrogen-bond acceptors (Lipinski definition) is 2. The van der Waals surface area contributed by atoms with Crippen LogP contribution in [-0.4, -0.2) is 5.11 Å². The van der Waals surface area contributed by atoms with Crippen LogP contribution in [0.2, 0.25) is 0 Å². The van der Waals surface area contributed by atoms with Crippen molar-refractivity contribution >= 4 is 0 Å². The maximum Gasteiger partial charge on any atom is 0.118 e. The Morgan fingerprint density at radius 1 is 1.18 bits per heavy atom. The van der Waals surface area contributed by atoms with Gasteiger partial charge in [-0.25, -0.2) is 0 Å². The molecule has 1 aromatic carbocycles. The van der Waals surface area contributed by atoms with Gasteiger partial charge in [0.05, 0.1) is 6.26 Å². The molecule has 1 aliphatic carbocycles. The topological polar surface area (TPSA) is 33.4 Å². The number of hydrogen-bond donors (Lipinski definition) is 1. The second kappa shape index (κ2) is 3.74. The van der Waals surface area contributed by atoms with E-state index in [4.69, 9.17) is 4.42 Å². The zero-order valence-electron chi connectivity index (χ0n) is 9.94. The Morgan fingerprint density at radius 3 is 2.71 bits per heavy atom. The van der Waals surface area contributed by atoms with E-state index < -0.39 is 5.60 Å². The van der Waals surface area contributed by atoms with E-state index in [1.807, 2.05) is 30.3 Å². The van der Waals surface area contributed by atoms with E-state index in [1.165, 1.54) is 5.56 Å². The normalized spacial score (nSPS) is 23.4. The van der Waals surface area contributed by atoms with Crippen LogP contribution in [-0.2, 0) is 12.0 Å². The van der Waals surface area contributed by atoms with Crippen molar-refractivity contribution in [3.05, 3.63) is 59.0 Å². The SMILES string of the molecule is Cc1ccc(C2(O)CCCc3occc32)cc1. The Hall–Kier alpha value is -1.54. The maximum absolute atomic E-state index is 10.9. The van der Waals surface area contributed by atoms with Crippen LogP contribution in [0.1, 0.15) is 35.3 Å². The van der Waals surface area contributed by atoms with Gasteiger partial charge in [-0.1, -0.05) is 29.8 Å². The average molecular weight is 228 g/mol. The van der Waals surface area contributed by atoms with E-state index in [1.54, 1.807) is 6.26 Å². The molecule has 88 valence electrons. The highest BCUT2D eigenvalue weighted by atomic mass is 16.3. The van der Waals surface area contributed by atoms with Crippen molar-refractivity contribution in [1.82, 2.24) is 0 Å². The van der Waals surface area contributed by atoms with Crippen LogP contribution in [0, 0.1) is 6.92 Å². The fourth-order valence-electron chi connectivity index (χ4n) is 2.67. The molecule has 1 atom stereocenters. The van der Waals surface area contributed by atoms with Crippen molar-refractivity contribution in [2.24, 2.45) is 0 Å². The van der Waals surface area contributed by atoms with Crippen LogP contribution in [0.4, 0.5) is 0 Å². The number of aliphatic hydroxyl groups is 1. The molecule has 1 aromatic heterocycles. The summed E-state index contributed by atoms with van der Waals surface area (Å²) in [6, 6.07) is 10.0. The lowest BCUT2D eigenvalue weighted by Gasteiger charge is -2.32. The molecule has 0 spiro atoms.